The molecule has 3 rings (SSSR count). The predicted molar refractivity (Wildman–Crippen MR) is 95.8 cm³/mol. The number of esters is 1. The van der Waals surface area contributed by atoms with Crippen LogP contribution in [0.15, 0.2) is 24.8 Å². The van der Waals surface area contributed by atoms with Crippen LogP contribution in [0.25, 0.3) is 0 Å². The molecule has 3 heterocycles. The molecule has 1 aliphatic rings. The van der Waals surface area contributed by atoms with Gasteiger partial charge in [-0.3, -0.25) is 24.4 Å². The number of amides is 1. The summed E-state index contributed by atoms with van der Waals surface area (Å²) in [7, 11) is 0. The zero-order valence-electron chi connectivity index (χ0n) is 14.4. The molecule has 10 heteroatoms. The molecule has 0 aromatic carbocycles. The molecule has 0 unspecified atom stereocenters. The monoisotopic (exact) mass is 376 g/mol. The highest BCUT2D eigenvalue weighted by atomic mass is 32.1. The molecule has 0 spiro atoms. The second-order valence-corrected chi connectivity index (χ2v) is 7.00. The van der Waals surface area contributed by atoms with Gasteiger partial charge < -0.3 is 10.1 Å². The third-order valence-electron chi connectivity index (χ3n) is 3.79. The van der Waals surface area contributed by atoms with Crippen molar-refractivity contribution in [2.45, 2.75) is 13.5 Å². The summed E-state index contributed by atoms with van der Waals surface area (Å²) in [6.45, 7) is 5.76. The Morgan fingerprint density at radius 2 is 1.92 bits per heavy atom. The van der Waals surface area contributed by atoms with E-state index in [0.29, 0.717) is 5.13 Å². The minimum Gasteiger partial charge on any atom is -0.405 e. The lowest BCUT2D eigenvalue weighted by molar-refractivity contribution is -0.136. The van der Waals surface area contributed by atoms with Gasteiger partial charge in [0.2, 0.25) is 11.8 Å². The fraction of sp³-hybridized carbons (Fsp3) is 0.438. The number of nitrogens with zero attached hydrogens (tertiary/aromatic N) is 5. The van der Waals surface area contributed by atoms with E-state index >= 15 is 0 Å². The van der Waals surface area contributed by atoms with Gasteiger partial charge in [-0.25, -0.2) is 9.97 Å². The topological polar surface area (TPSA) is 101 Å². The Labute approximate surface area is 155 Å². The van der Waals surface area contributed by atoms with Crippen molar-refractivity contribution in [1.29, 1.82) is 0 Å². The zero-order valence-corrected chi connectivity index (χ0v) is 15.2. The second kappa shape index (κ2) is 8.79. The fourth-order valence-corrected chi connectivity index (χ4v) is 3.49. The lowest BCUT2D eigenvalue weighted by Gasteiger charge is -2.33. The molecule has 1 amide bonds. The van der Waals surface area contributed by atoms with Gasteiger partial charge in [-0.05, 0) is 0 Å². The summed E-state index contributed by atoms with van der Waals surface area (Å²) in [6.07, 6.45) is 6.22. The van der Waals surface area contributed by atoms with Crippen LogP contribution in [0.3, 0.4) is 0 Å². The van der Waals surface area contributed by atoms with Gasteiger partial charge in [-0.15, -0.1) is 11.3 Å². The van der Waals surface area contributed by atoms with E-state index in [1.54, 1.807) is 6.20 Å². The Bertz CT molecular complexity index is 745. The van der Waals surface area contributed by atoms with E-state index in [0.717, 1.165) is 37.6 Å². The highest BCUT2D eigenvalue weighted by Crippen LogP contribution is 2.20. The molecule has 0 radical (unpaired) electrons. The number of thiazole rings is 1. The zero-order chi connectivity index (χ0) is 18.4. The quantitative estimate of drug-likeness (QED) is 0.732. The maximum absolute atomic E-state index is 12.0. The van der Waals surface area contributed by atoms with E-state index < -0.39 is 0 Å². The average molecular weight is 376 g/mol. The van der Waals surface area contributed by atoms with Crippen LogP contribution >= 0.6 is 11.3 Å². The van der Waals surface area contributed by atoms with Crippen LogP contribution in [0, 0.1) is 0 Å². The van der Waals surface area contributed by atoms with Crippen LogP contribution in [-0.4, -0.2) is 69.4 Å². The first-order chi connectivity index (χ1) is 12.6. The van der Waals surface area contributed by atoms with E-state index in [2.05, 4.69) is 30.1 Å². The number of aromatic nitrogens is 3. The highest BCUT2D eigenvalue weighted by Gasteiger charge is 2.20. The Balaban J connectivity index is 1.40. The largest absolute Gasteiger partial charge is 0.405 e. The summed E-state index contributed by atoms with van der Waals surface area (Å²) in [4.78, 5) is 40.5. The van der Waals surface area contributed by atoms with Gasteiger partial charge in [0, 0.05) is 63.1 Å². The van der Waals surface area contributed by atoms with Gasteiger partial charge in [0.15, 0.2) is 5.13 Å². The van der Waals surface area contributed by atoms with E-state index in [1.165, 1.54) is 36.9 Å². The summed E-state index contributed by atoms with van der Waals surface area (Å²) in [6, 6.07) is 0. The standard InChI is InChI=1S/C16H20N6O3S/c1-12(23)20-16-19-8-13(26-16)10-21-4-6-22(7-5-21)11-15(24)25-14-9-17-2-3-18-14/h2-3,8-9H,4-7,10-11H2,1H3,(H,19,20,23). The number of rotatable bonds is 6. The first-order valence-electron chi connectivity index (χ1n) is 8.22. The van der Waals surface area contributed by atoms with Crippen molar-refractivity contribution < 1.29 is 14.3 Å². The van der Waals surface area contributed by atoms with Crippen molar-refractivity contribution in [3.05, 3.63) is 29.7 Å². The number of hydrogen-bond donors (Lipinski definition) is 1. The van der Waals surface area contributed by atoms with Gasteiger partial charge >= 0.3 is 5.97 Å². The molecule has 0 bridgehead atoms. The number of carbonyl (C=O) groups excluding carboxylic acids is 2. The van der Waals surface area contributed by atoms with Gasteiger partial charge in [-0.1, -0.05) is 0 Å². The third-order valence-corrected chi connectivity index (χ3v) is 4.69. The predicted octanol–water partition coefficient (Wildman–Crippen LogP) is 0.615. The average Bonchev–Trinajstić information content (AvgIpc) is 3.03. The van der Waals surface area contributed by atoms with Crippen molar-refractivity contribution in [1.82, 2.24) is 24.8 Å². The maximum atomic E-state index is 12.0. The lowest BCUT2D eigenvalue weighted by Crippen LogP contribution is -2.47. The molecule has 138 valence electrons. The summed E-state index contributed by atoms with van der Waals surface area (Å²) >= 11 is 1.48. The van der Waals surface area contributed by atoms with Crippen LogP contribution in [-0.2, 0) is 16.1 Å². The van der Waals surface area contributed by atoms with Crippen LogP contribution in [0.5, 0.6) is 5.88 Å². The lowest BCUT2D eigenvalue weighted by atomic mass is 10.3. The molecule has 1 saturated heterocycles. The molecular formula is C16H20N6O3S. The van der Waals surface area contributed by atoms with Gasteiger partial charge in [-0.2, -0.15) is 0 Å². The van der Waals surface area contributed by atoms with E-state index in [4.69, 9.17) is 4.74 Å². The number of carbonyl (C=O) groups is 2. The summed E-state index contributed by atoms with van der Waals surface area (Å²) in [5.41, 5.74) is 0. The minimum atomic E-state index is -0.332. The van der Waals surface area contributed by atoms with Gasteiger partial charge in [0.25, 0.3) is 0 Å². The molecule has 0 saturated carbocycles. The van der Waals surface area contributed by atoms with E-state index in [9.17, 15) is 9.59 Å². The van der Waals surface area contributed by atoms with Crippen molar-refractivity contribution in [3.8, 4) is 5.88 Å². The normalized spacial score (nSPS) is 15.6. The molecule has 9 nitrogen and oxygen atoms in total. The van der Waals surface area contributed by atoms with E-state index in [1.807, 2.05) is 0 Å². The van der Waals surface area contributed by atoms with Crippen LogP contribution in [0.4, 0.5) is 5.13 Å². The van der Waals surface area contributed by atoms with Crippen LogP contribution in [0.1, 0.15) is 11.8 Å². The number of nitrogens with one attached hydrogen (secondary N) is 1. The Morgan fingerprint density at radius 3 is 2.62 bits per heavy atom. The van der Waals surface area contributed by atoms with Crippen molar-refractivity contribution in [2.24, 2.45) is 0 Å². The van der Waals surface area contributed by atoms with Crippen molar-refractivity contribution >= 4 is 28.3 Å². The molecule has 2 aromatic heterocycles. The minimum absolute atomic E-state index is 0.118. The first kappa shape index (κ1) is 18.4. The summed E-state index contributed by atoms with van der Waals surface area (Å²) in [5, 5.41) is 3.31. The fourth-order valence-electron chi connectivity index (χ4n) is 2.58. The molecular weight excluding hydrogens is 356 g/mol. The Morgan fingerprint density at radius 1 is 1.15 bits per heavy atom. The molecule has 1 fully saturated rings. The molecule has 1 aliphatic heterocycles. The second-order valence-electron chi connectivity index (χ2n) is 5.88. The number of anilines is 1. The highest BCUT2D eigenvalue weighted by molar-refractivity contribution is 7.15. The van der Waals surface area contributed by atoms with Crippen LogP contribution < -0.4 is 10.1 Å². The molecule has 2 aromatic rings. The number of hydrogen-bond acceptors (Lipinski definition) is 9. The molecule has 0 aliphatic carbocycles. The SMILES string of the molecule is CC(=O)Nc1ncc(CN2CCN(CC(=O)Oc3cnccn3)CC2)s1. The van der Waals surface area contributed by atoms with Crippen molar-refractivity contribution in [3.63, 3.8) is 0 Å². The number of piperazine rings is 1. The van der Waals surface area contributed by atoms with E-state index in [-0.39, 0.29) is 24.3 Å². The number of ether oxygens (including phenoxy) is 1. The maximum Gasteiger partial charge on any atom is 0.326 e. The smallest absolute Gasteiger partial charge is 0.326 e. The molecule has 1 N–H and O–H groups in total. The van der Waals surface area contributed by atoms with Gasteiger partial charge in [0.1, 0.15) is 0 Å². The van der Waals surface area contributed by atoms with Gasteiger partial charge in [0.05, 0.1) is 12.7 Å². The summed E-state index contributed by atoms with van der Waals surface area (Å²) < 4.78 is 5.17. The molecule has 0 atom stereocenters. The van der Waals surface area contributed by atoms with Crippen molar-refractivity contribution in [2.75, 3.05) is 38.0 Å². The summed E-state index contributed by atoms with van der Waals surface area (Å²) in [5.74, 6) is -0.231. The Hall–Kier alpha value is -2.43. The molecule has 26 heavy (non-hydrogen) atoms. The Kier molecular flexibility index (Phi) is 6.21. The van der Waals surface area contributed by atoms with Crippen LogP contribution in [0.2, 0.25) is 0 Å². The third kappa shape index (κ3) is 5.55. The first-order valence-corrected chi connectivity index (χ1v) is 9.04.